The lowest BCUT2D eigenvalue weighted by Gasteiger charge is -2.07. The molecule has 3 nitrogen and oxygen atoms in total. The zero-order valence-electron chi connectivity index (χ0n) is 9.01. The highest BCUT2D eigenvalue weighted by atomic mass is 32.2. The van der Waals surface area contributed by atoms with E-state index in [1.54, 1.807) is 18.6 Å². The molecule has 0 fully saturated rings. The van der Waals surface area contributed by atoms with E-state index in [2.05, 4.69) is 10.3 Å². The highest BCUT2D eigenvalue weighted by Crippen LogP contribution is 2.04. The Balaban J connectivity index is 2.16. The second-order valence-corrected chi connectivity index (χ2v) is 6.45. The van der Waals surface area contributed by atoms with E-state index in [1.807, 2.05) is 12.1 Å². The van der Waals surface area contributed by atoms with Crippen LogP contribution in [0, 0.1) is 0 Å². The van der Waals surface area contributed by atoms with Crippen molar-refractivity contribution in [1.29, 1.82) is 0 Å². The Morgan fingerprint density at radius 1 is 1.69 bits per heavy atom. The van der Waals surface area contributed by atoms with Crippen molar-refractivity contribution in [2.24, 2.45) is 0 Å². The molecule has 0 amide bonds. The Labute approximate surface area is 109 Å². The van der Waals surface area contributed by atoms with Gasteiger partial charge in [0, 0.05) is 24.7 Å². The van der Waals surface area contributed by atoms with E-state index in [4.69, 9.17) is 12.2 Å². The summed E-state index contributed by atoms with van der Waals surface area (Å²) in [7, 11) is 0. The molecule has 1 atom stereocenters. The molecular weight excluding hydrogens is 260 g/mol. The number of thiocarbonyl (C=S) groups is 1. The molecule has 0 saturated carbocycles. The molecule has 0 bridgehead atoms. The maximum absolute atomic E-state index is 10.8. The van der Waals surface area contributed by atoms with Crippen molar-refractivity contribution in [2.45, 2.75) is 6.54 Å². The van der Waals surface area contributed by atoms with E-state index in [9.17, 15) is 4.55 Å². The third-order valence-corrected chi connectivity index (χ3v) is 4.11. The second-order valence-electron chi connectivity index (χ2n) is 3.13. The second kappa shape index (κ2) is 7.89. The molecule has 1 N–H and O–H groups in total. The Hall–Kier alpha value is -0.300. The summed E-state index contributed by atoms with van der Waals surface area (Å²) in [5.41, 5.74) is 1.10. The van der Waals surface area contributed by atoms with Crippen molar-refractivity contribution in [1.82, 2.24) is 10.3 Å². The molecule has 0 saturated heterocycles. The van der Waals surface area contributed by atoms with Gasteiger partial charge in [0.05, 0.1) is 6.26 Å². The molecule has 0 spiro atoms. The number of aromatic nitrogens is 1. The first kappa shape index (κ1) is 13.8. The highest BCUT2D eigenvalue weighted by molar-refractivity contribution is 8.23. The largest absolute Gasteiger partial charge is 0.617 e. The smallest absolute Gasteiger partial charge is 0.134 e. The Kier molecular flexibility index (Phi) is 6.79. The molecule has 0 aliphatic heterocycles. The minimum Gasteiger partial charge on any atom is -0.617 e. The molecule has 0 radical (unpaired) electrons. The quantitative estimate of drug-likeness (QED) is 0.652. The molecule has 0 aliphatic carbocycles. The first-order chi connectivity index (χ1) is 7.68. The molecule has 1 heterocycles. The fourth-order valence-electron chi connectivity index (χ4n) is 0.980. The average Bonchev–Trinajstić information content (AvgIpc) is 2.27. The minimum absolute atomic E-state index is 0.680. The Morgan fingerprint density at radius 3 is 3.12 bits per heavy atom. The monoisotopic (exact) mass is 274 g/mol. The van der Waals surface area contributed by atoms with Crippen LogP contribution in [0.25, 0.3) is 0 Å². The van der Waals surface area contributed by atoms with E-state index in [0.717, 1.165) is 15.6 Å². The van der Waals surface area contributed by atoms with Gasteiger partial charge in [0.1, 0.15) is 10.1 Å². The van der Waals surface area contributed by atoms with Crippen molar-refractivity contribution in [3.63, 3.8) is 0 Å². The standard InChI is InChI=1S/C10H14N2OS3/c1-16(13)6-5-15-10(14)12-8-9-3-2-4-11-7-9/h2-4,7H,5-6,8H2,1H3,(H,12,14). The lowest BCUT2D eigenvalue weighted by atomic mass is 10.3. The summed E-state index contributed by atoms with van der Waals surface area (Å²) in [6, 6.07) is 3.89. The average molecular weight is 274 g/mol. The van der Waals surface area contributed by atoms with Gasteiger partial charge in [-0.25, -0.2) is 0 Å². The third kappa shape index (κ3) is 6.32. The molecule has 1 unspecified atom stereocenters. The molecule has 1 aromatic heterocycles. The number of hydrogen-bond acceptors (Lipinski definition) is 4. The van der Waals surface area contributed by atoms with Crippen LogP contribution in [0.3, 0.4) is 0 Å². The zero-order valence-corrected chi connectivity index (χ0v) is 11.5. The zero-order chi connectivity index (χ0) is 11.8. The maximum atomic E-state index is 10.8. The Bertz CT molecular complexity index is 319. The van der Waals surface area contributed by atoms with Gasteiger partial charge in [0.25, 0.3) is 0 Å². The van der Waals surface area contributed by atoms with E-state index >= 15 is 0 Å². The molecule has 0 aromatic carbocycles. The lowest BCUT2D eigenvalue weighted by molar-refractivity contribution is 0.602. The van der Waals surface area contributed by atoms with Gasteiger partial charge >= 0.3 is 0 Å². The summed E-state index contributed by atoms with van der Waals surface area (Å²) >= 11 is 5.93. The minimum atomic E-state index is -0.740. The fourth-order valence-corrected chi connectivity index (χ4v) is 2.93. The Morgan fingerprint density at radius 2 is 2.50 bits per heavy atom. The molecule has 1 aromatic rings. The highest BCUT2D eigenvalue weighted by Gasteiger charge is 2.01. The van der Waals surface area contributed by atoms with E-state index < -0.39 is 11.2 Å². The van der Waals surface area contributed by atoms with Crippen LogP contribution in [0.4, 0.5) is 0 Å². The van der Waals surface area contributed by atoms with E-state index in [-0.39, 0.29) is 0 Å². The van der Waals surface area contributed by atoms with Crippen LogP contribution in [-0.4, -0.2) is 31.6 Å². The summed E-state index contributed by atoms with van der Waals surface area (Å²) in [6.07, 6.45) is 5.25. The van der Waals surface area contributed by atoms with Crippen LogP contribution in [0.15, 0.2) is 24.5 Å². The van der Waals surface area contributed by atoms with Crippen LogP contribution in [0.1, 0.15) is 5.56 Å². The molecule has 0 aliphatic rings. The van der Waals surface area contributed by atoms with Crippen molar-refractivity contribution in [3.05, 3.63) is 30.1 Å². The van der Waals surface area contributed by atoms with Gasteiger partial charge in [-0.3, -0.25) is 4.98 Å². The van der Waals surface area contributed by atoms with Gasteiger partial charge in [0.2, 0.25) is 0 Å². The van der Waals surface area contributed by atoms with Crippen LogP contribution in [0.5, 0.6) is 0 Å². The van der Waals surface area contributed by atoms with Crippen molar-refractivity contribution < 1.29 is 4.55 Å². The van der Waals surface area contributed by atoms with Gasteiger partial charge in [0.15, 0.2) is 0 Å². The number of thioether (sulfide) groups is 1. The number of nitrogens with one attached hydrogen (secondary N) is 1. The molecule has 16 heavy (non-hydrogen) atoms. The number of hydrogen-bond donors (Lipinski definition) is 1. The normalized spacial score (nSPS) is 12.1. The number of nitrogens with zero attached hydrogens (tertiary/aromatic N) is 1. The summed E-state index contributed by atoms with van der Waals surface area (Å²) in [4.78, 5) is 4.02. The van der Waals surface area contributed by atoms with Crippen LogP contribution >= 0.6 is 24.0 Å². The fraction of sp³-hybridized carbons (Fsp3) is 0.400. The predicted octanol–water partition coefficient (Wildman–Crippen LogP) is 1.57. The summed E-state index contributed by atoms with van der Waals surface area (Å²) in [5.74, 6) is 1.47. The molecular formula is C10H14N2OS3. The first-order valence-electron chi connectivity index (χ1n) is 4.78. The summed E-state index contributed by atoms with van der Waals surface area (Å²) in [5, 5.41) is 3.13. The maximum Gasteiger partial charge on any atom is 0.134 e. The van der Waals surface area contributed by atoms with Gasteiger partial charge in [-0.15, -0.1) is 0 Å². The molecule has 88 valence electrons. The van der Waals surface area contributed by atoms with E-state index in [1.165, 1.54) is 11.8 Å². The van der Waals surface area contributed by atoms with Gasteiger partial charge in [-0.05, 0) is 11.6 Å². The van der Waals surface area contributed by atoms with Crippen molar-refractivity contribution in [3.8, 4) is 0 Å². The van der Waals surface area contributed by atoms with Crippen LogP contribution in [-0.2, 0) is 17.7 Å². The van der Waals surface area contributed by atoms with Gasteiger partial charge in [-0.1, -0.05) is 41.2 Å². The van der Waals surface area contributed by atoms with Gasteiger partial charge < -0.3 is 9.87 Å². The molecule has 6 heteroatoms. The predicted molar refractivity (Wildman–Crippen MR) is 75.1 cm³/mol. The van der Waals surface area contributed by atoms with Gasteiger partial charge in [-0.2, -0.15) is 0 Å². The SMILES string of the molecule is C[S+]([O-])CCSC(=S)NCc1cccnc1. The van der Waals surface area contributed by atoms with Crippen LogP contribution < -0.4 is 5.32 Å². The number of pyridine rings is 1. The third-order valence-electron chi connectivity index (χ3n) is 1.76. The van der Waals surface area contributed by atoms with Crippen molar-refractivity contribution in [2.75, 3.05) is 17.8 Å². The summed E-state index contributed by atoms with van der Waals surface area (Å²) < 4.78 is 11.6. The van der Waals surface area contributed by atoms with Crippen molar-refractivity contribution >= 4 is 39.5 Å². The van der Waals surface area contributed by atoms with E-state index in [0.29, 0.717) is 12.3 Å². The lowest BCUT2D eigenvalue weighted by Crippen LogP contribution is -2.19. The van der Waals surface area contributed by atoms with Crippen LogP contribution in [0.2, 0.25) is 0 Å². The summed E-state index contributed by atoms with van der Waals surface area (Å²) in [6.45, 7) is 0.689. The topological polar surface area (TPSA) is 48.0 Å². The molecule has 1 rings (SSSR count). The number of rotatable bonds is 5. The first-order valence-corrected chi connectivity index (χ1v) is 7.90.